The Morgan fingerprint density at radius 3 is 2.44 bits per heavy atom. The van der Waals surface area contributed by atoms with Gasteiger partial charge < -0.3 is 24.4 Å². The number of carbonyl (C=O) groups is 1. The number of hydrogen-bond donors (Lipinski definition) is 1. The molecule has 0 spiro atoms. The summed E-state index contributed by atoms with van der Waals surface area (Å²) in [4.78, 5) is 30.3. The van der Waals surface area contributed by atoms with E-state index >= 15 is 0 Å². The van der Waals surface area contributed by atoms with Crippen LogP contribution in [-0.4, -0.2) is 62.3 Å². The average molecular weight is 492 g/mol. The van der Waals surface area contributed by atoms with Crippen molar-refractivity contribution in [2.24, 2.45) is 0 Å². The summed E-state index contributed by atoms with van der Waals surface area (Å²) >= 11 is 0. The van der Waals surface area contributed by atoms with Crippen LogP contribution in [0.5, 0.6) is 0 Å². The normalized spacial score (nSPS) is 17.4. The van der Waals surface area contributed by atoms with Gasteiger partial charge in [0.2, 0.25) is 5.95 Å². The van der Waals surface area contributed by atoms with Crippen LogP contribution in [0.4, 0.5) is 22.2 Å². The van der Waals surface area contributed by atoms with Crippen LogP contribution in [0.25, 0.3) is 11.0 Å². The molecule has 1 amide bonds. The average Bonchev–Trinajstić information content (AvgIpc) is 3.20. The van der Waals surface area contributed by atoms with Crippen LogP contribution in [0.1, 0.15) is 64.5 Å². The van der Waals surface area contributed by atoms with E-state index < -0.39 is 5.60 Å². The van der Waals surface area contributed by atoms with Gasteiger partial charge in [0.05, 0.1) is 11.9 Å². The highest BCUT2D eigenvalue weighted by Crippen LogP contribution is 2.32. The van der Waals surface area contributed by atoms with Gasteiger partial charge in [-0.15, -0.1) is 0 Å². The van der Waals surface area contributed by atoms with Crippen molar-refractivity contribution in [1.29, 1.82) is 0 Å². The molecule has 0 atom stereocenters. The minimum Gasteiger partial charge on any atom is -0.444 e. The molecule has 36 heavy (non-hydrogen) atoms. The number of fused-ring (bicyclic) bond motifs is 1. The number of anilines is 3. The Hall–Kier alpha value is -3.36. The summed E-state index contributed by atoms with van der Waals surface area (Å²) in [6, 6.07) is 4.52. The number of amides is 1. The van der Waals surface area contributed by atoms with Crippen LogP contribution in [0.3, 0.4) is 0 Å². The zero-order chi connectivity index (χ0) is 25.3. The topological polar surface area (TPSA) is 88.4 Å². The molecule has 9 heteroatoms. The molecular weight excluding hydrogens is 454 g/mol. The molecule has 192 valence electrons. The molecule has 1 aliphatic carbocycles. The second-order valence-electron chi connectivity index (χ2n) is 10.9. The molecule has 0 aromatic carbocycles. The van der Waals surface area contributed by atoms with Crippen LogP contribution in [0.2, 0.25) is 0 Å². The summed E-state index contributed by atoms with van der Waals surface area (Å²) in [5.74, 6) is 1.27. The highest BCUT2D eigenvalue weighted by molar-refractivity contribution is 5.80. The monoisotopic (exact) mass is 491 g/mol. The number of aromatic nitrogens is 4. The predicted octanol–water partition coefficient (Wildman–Crippen LogP) is 5.44. The van der Waals surface area contributed by atoms with Gasteiger partial charge in [0, 0.05) is 50.0 Å². The fraction of sp³-hybridized carbons (Fsp3) is 0.556. The standard InChI is InChI=1S/C27H37N7O2/c1-19-18-34(20-8-6-5-7-9-20)24-22(19)17-29-25(31-24)30-23-11-10-21(16-28-23)32-12-14-33(15-13-32)26(35)36-27(2,3)4/h10-11,16-18,20H,5-9,12-15H2,1-4H3,(H,28,29,30,31). The number of piperazine rings is 1. The summed E-state index contributed by atoms with van der Waals surface area (Å²) in [7, 11) is 0. The molecular formula is C27H37N7O2. The van der Waals surface area contributed by atoms with E-state index in [1.165, 1.54) is 37.7 Å². The summed E-state index contributed by atoms with van der Waals surface area (Å²) in [5.41, 5.74) is 2.77. The molecule has 1 N–H and O–H groups in total. The number of nitrogens with zero attached hydrogens (tertiary/aromatic N) is 6. The molecule has 9 nitrogen and oxygen atoms in total. The summed E-state index contributed by atoms with van der Waals surface area (Å²) in [6.45, 7) is 10.5. The first-order valence-electron chi connectivity index (χ1n) is 13.1. The van der Waals surface area contributed by atoms with E-state index in [2.05, 4.69) is 37.9 Å². The van der Waals surface area contributed by atoms with Crippen molar-refractivity contribution in [3.05, 3.63) is 36.3 Å². The van der Waals surface area contributed by atoms with Gasteiger partial charge in [0.1, 0.15) is 17.1 Å². The Morgan fingerprint density at radius 2 is 1.78 bits per heavy atom. The smallest absolute Gasteiger partial charge is 0.410 e. The number of carbonyl (C=O) groups excluding carboxylic acids is 1. The van der Waals surface area contributed by atoms with Crippen LogP contribution in [-0.2, 0) is 4.74 Å². The van der Waals surface area contributed by atoms with E-state index in [1.54, 1.807) is 4.90 Å². The lowest BCUT2D eigenvalue weighted by atomic mass is 9.95. The fourth-order valence-corrected chi connectivity index (χ4v) is 5.12. The Kier molecular flexibility index (Phi) is 6.73. The van der Waals surface area contributed by atoms with E-state index in [9.17, 15) is 4.79 Å². The van der Waals surface area contributed by atoms with Gasteiger partial charge in [-0.05, 0) is 58.2 Å². The van der Waals surface area contributed by atoms with Crippen molar-refractivity contribution >= 4 is 34.6 Å². The maximum absolute atomic E-state index is 12.3. The van der Waals surface area contributed by atoms with Crippen LogP contribution >= 0.6 is 0 Å². The molecule has 0 radical (unpaired) electrons. The van der Waals surface area contributed by atoms with Crippen molar-refractivity contribution in [1.82, 2.24) is 24.4 Å². The zero-order valence-corrected chi connectivity index (χ0v) is 21.8. The molecule has 4 heterocycles. The van der Waals surface area contributed by atoms with Crippen molar-refractivity contribution < 1.29 is 9.53 Å². The van der Waals surface area contributed by atoms with Crippen LogP contribution in [0.15, 0.2) is 30.7 Å². The van der Waals surface area contributed by atoms with E-state index in [4.69, 9.17) is 9.72 Å². The van der Waals surface area contributed by atoms with E-state index in [0.29, 0.717) is 30.9 Å². The van der Waals surface area contributed by atoms with Gasteiger partial charge in [-0.1, -0.05) is 19.3 Å². The Bertz CT molecular complexity index is 1200. The lowest BCUT2D eigenvalue weighted by Gasteiger charge is -2.36. The van der Waals surface area contributed by atoms with Gasteiger partial charge >= 0.3 is 6.09 Å². The highest BCUT2D eigenvalue weighted by atomic mass is 16.6. The van der Waals surface area contributed by atoms with E-state index in [1.807, 2.05) is 45.3 Å². The molecule has 2 aliphatic rings. The van der Waals surface area contributed by atoms with Gasteiger partial charge in [0.25, 0.3) is 0 Å². The van der Waals surface area contributed by atoms with Gasteiger partial charge in [-0.3, -0.25) is 0 Å². The van der Waals surface area contributed by atoms with Crippen molar-refractivity contribution in [2.45, 2.75) is 71.4 Å². The number of ether oxygens (including phenoxy) is 1. The zero-order valence-electron chi connectivity index (χ0n) is 21.8. The second-order valence-corrected chi connectivity index (χ2v) is 10.9. The Labute approximate surface area is 212 Å². The fourth-order valence-electron chi connectivity index (χ4n) is 5.12. The molecule has 1 saturated carbocycles. The first-order valence-corrected chi connectivity index (χ1v) is 13.1. The van der Waals surface area contributed by atoms with Gasteiger partial charge in [0.15, 0.2) is 0 Å². The predicted molar refractivity (Wildman–Crippen MR) is 142 cm³/mol. The first-order chi connectivity index (χ1) is 17.3. The molecule has 1 aliphatic heterocycles. The Morgan fingerprint density at radius 1 is 1.03 bits per heavy atom. The van der Waals surface area contributed by atoms with Crippen LogP contribution < -0.4 is 10.2 Å². The number of rotatable bonds is 4. The first kappa shape index (κ1) is 24.3. The molecule has 5 rings (SSSR count). The maximum Gasteiger partial charge on any atom is 0.410 e. The molecule has 0 bridgehead atoms. The number of pyridine rings is 1. The minimum atomic E-state index is -0.479. The van der Waals surface area contributed by atoms with Crippen LogP contribution in [0, 0.1) is 6.92 Å². The number of aryl methyl sites for hydroxylation is 1. The summed E-state index contributed by atoms with van der Waals surface area (Å²) < 4.78 is 7.85. The quantitative estimate of drug-likeness (QED) is 0.520. The highest BCUT2D eigenvalue weighted by Gasteiger charge is 2.26. The van der Waals surface area contributed by atoms with Gasteiger partial charge in [-0.2, -0.15) is 4.98 Å². The van der Waals surface area contributed by atoms with Gasteiger partial charge in [-0.25, -0.2) is 14.8 Å². The Balaban J connectivity index is 1.23. The number of hydrogen-bond acceptors (Lipinski definition) is 7. The third kappa shape index (κ3) is 5.39. The number of nitrogens with one attached hydrogen (secondary N) is 1. The van der Waals surface area contributed by atoms with Crippen molar-refractivity contribution in [3.63, 3.8) is 0 Å². The largest absolute Gasteiger partial charge is 0.444 e. The minimum absolute atomic E-state index is 0.249. The van der Waals surface area contributed by atoms with Crippen molar-refractivity contribution in [3.8, 4) is 0 Å². The van der Waals surface area contributed by atoms with E-state index in [0.717, 1.165) is 29.8 Å². The van der Waals surface area contributed by atoms with Crippen molar-refractivity contribution in [2.75, 3.05) is 36.4 Å². The molecule has 3 aromatic heterocycles. The summed E-state index contributed by atoms with van der Waals surface area (Å²) in [5, 5.41) is 4.39. The lowest BCUT2D eigenvalue weighted by molar-refractivity contribution is 0.0240. The molecule has 2 fully saturated rings. The SMILES string of the molecule is Cc1cn(C2CCCCC2)c2nc(Nc3ccc(N4CCN(C(=O)OC(C)(C)C)CC4)cn3)ncc12. The van der Waals surface area contributed by atoms with E-state index in [-0.39, 0.29) is 6.09 Å². The molecule has 3 aromatic rings. The second kappa shape index (κ2) is 9.95. The molecule has 0 unspecified atom stereocenters. The lowest BCUT2D eigenvalue weighted by Crippen LogP contribution is -2.50. The maximum atomic E-state index is 12.3. The molecule has 1 saturated heterocycles. The summed E-state index contributed by atoms with van der Waals surface area (Å²) in [6.07, 6.45) is 12.1. The third-order valence-electron chi connectivity index (χ3n) is 7.02. The third-order valence-corrected chi connectivity index (χ3v) is 7.02.